The van der Waals surface area contributed by atoms with Crippen LogP contribution in [0.2, 0.25) is 0 Å². The van der Waals surface area contributed by atoms with E-state index in [0.717, 1.165) is 35.0 Å². The monoisotopic (exact) mass is 368 g/mol. The van der Waals surface area contributed by atoms with Gasteiger partial charge in [-0.05, 0) is 37.3 Å². The maximum absolute atomic E-state index is 13.0. The molecule has 2 fully saturated rings. The van der Waals surface area contributed by atoms with E-state index in [0.29, 0.717) is 18.9 Å². The molecule has 6 heteroatoms. The molecule has 1 aromatic heterocycles. The SMILES string of the molecule is CC(=O)OC(C)[C@@H]1C[C@@H]2CN3C(=O)Cc4c([nH]c5ccccc45)[C@@]3(C2)C1O. The average molecular weight is 368 g/mol. The lowest BCUT2D eigenvalue weighted by molar-refractivity contribution is -0.161. The van der Waals surface area contributed by atoms with Gasteiger partial charge in [-0.25, -0.2) is 0 Å². The molecule has 5 rings (SSSR count). The van der Waals surface area contributed by atoms with Gasteiger partial charge in [0.25, 0.3) is 0 Å². The summed E-state index contributed by atoms with van der Waals surface area (Å²) in [5.74, 6) is -0.150. The van der Waals surface area contributed by atoms with Gasteiger partial charge < -0.3 is 19.7 Å². The van der Waals surface area contributed by atoms with E-state index in [1.807, 2.05) is 36.1 Å². The first-order valence-electron chi connectivity index (χ1n) is 9.67. The number of H-pyrrole nitrogens is 1. The van der Waals surface area contributed by atoms with Crippen LogP contribution < -0.4 is 0 Å². The molecule has 2 aliphatic heterocycles. The first kappa shape index (κ1) is 16.8. The summed E-state index contributed by atoms with van der Waals surface area (Å²) in [6.45, 7) is 3.90. The largest absolute Gasteiger partial charge is 0.462 e. The third-order valence-electron chi connectivity index (χ3n) is 6.85. The number of hydrogen-bond donors (Lipinski definition) is 2. The molecular formula is C21H24N2O4. The summed E-state index contributed by atoms with van der Waals surface area (Å²) < 4.78 is 5.42. The van der Waals surface area contributed by atoms with Gasteiger partial charge in [0.1, 0.15) is 11.6 Å². The van der Waals surface area contributed by atoms with E-state index < -0.39 is 11.6 Å². The molecule has 1 aromatic carbocycles. The summed E-state index contributed by atoms with van der Waals surface area (Å²) in [7, 11) is 0. The van der Waals surface area contributed by atoms with Crippen molar-refractivity contribution >= 4 is 22.8 Å². The van der Waals surface area contributed by atoms with Gasteiger partial charge in [0.2, 0.25) is 5.91 Å². The number of nitrogens with zero attached hydrogens (tertiary/aromatic N) is 1. The van der Waals surface area contributed by atoms with E-state index >= 15 is 0 Å². The normalized spacial score (nSPS) is 32.9. The van der Waals surface area contributed by atoms with Crippen LogP contribution >= 0.6 is 0 Å². The highest BCUT2D eigenvalue weighted by Gasteiger charge is 2.63. The van der Waals surface area contributed by atoms with Crippen LogP contribution in [0.5, 0.6) is 0 Å². The van der Waals surface area contributed by atoms with Crippen LogP contribution in [0.3, 0.4) is 0 Å². The Kier molecular flexibility index (Phi) is 3.47. The summed E-state index contributed by atoms with van der Waals surface area (Å²) in [4.78, 5) is 29.9. The molecule has 5 atom stereocenters. The number of hydrogen-bond acceptors (Lipinski definition) is 4. The van der Waals surface area contributed by atoms with Crippen LogP contribution in [-0.2, 0) is 26.3 Å². The molecule has 2 N–H and O–H groups in total. The van der Waals surface area contributed by atoms with Crippen molar-refractivity contribution < 1.29 is 19.4 Å². The van der Waals surface area contributed by atoms with Crippen LogP contribution in [0.25, 0.3) is 10.9 Å². The minimum absolute atomic E-state index is 0.0783. The van der Waals surface area contributed by atoms with Crippen molar-refractivity contribution in [1.29, 1.82) is 0 Å². The topological polar surface area (TPSA) is 82.6 Å². The lowest BCUT2D eigenvalue weighted by atomic mass is 9.66. The number of ether oxygens (including phenoxy) is 1. The van der Waals surface area contributed by atoms with Crippen molar-refractivity contribution in [2.75, 3.05) is 6.54 Å². The maximum atomic E-state index is 13.0. The van der Waals surface area contributed by atoms with Crippen molar-refractivity contribution in [1.82, 2.24) is 9.88 Å². The molecule has 1 aliphatic carbocycles. The zero-order chi connectivity index (χ0) is 18.9. The van der Waals surface area contributed by atoms with Gasteiger partial charge in [0.15, 0.2) is 0 Å². The van der Waals surface area contributed by atoms with Gasteiger partial charge in [-0.2, -0.15) is 0 Å². The van der Waals surface area contributed by atoms with Crippen LogP contribution in [0, 0.1) is 11.8 Å². The predicted molar refractivity (Wildman–Crippen MR) is 98.8 cm³/mol. The molecule has 142 valence electrons. The molecule has 2 unspecified atom stereocenters. The Balaban J connectivity index is 1.67. The minimum Gasteiger partial charge on any atom is -0.462 e. The summed E-state index contributed by atoms with van der Waals surface area (Å²) in [5.41, 5.74) is 2.23. The average Bonchev–Trinajstić information content (AvgIpc) is 3.15. The molecule has 27 heavy (non-hydrogen) atoms. The molecule has 3 aliphatic rings. The smallest absolute Gasteiger partial charge is 0.302 e. The molecule has 2 aromatic rings. The molecule has 6 nitrogen and oxygen atoms in total. The molecule has 1 saturated carbocycles. The van der Waals surface area contributed by atoms with Crippen molar-refractivity contribution in [2.45, 2.75) is 50.9 Å². The highest BCUT2D eigenvalue weighted by atomic mass is 16.5. The number of para-hydroxylation sites is 1. The number of fused-ring (bicyclic) bond motifs is 4. The Bertz CT molecular complexity index is 951. The molecule has 3 heterocycles. The second kappa shape index (κ2) is 5.58. The third kappa shape index (κ3) is 2.16. The van der Waals surface area contributed by atoms with Gasteiger partial charge >= 0.3 is 5.97 Å². The summed E-state index contributed by atoms with van der Waals surface area (Å²) in [6, 6.07) is 8.00. The fourth-order valence-electron chi connectivity index (χ4n) is 5.85. The lowest BCUT2D eigenvalue weighted by Crippen LogP contribution is -2.60. The Morgan fingerprint density at radius 3 is 2.96 bits per heavy atom. The molecule has 0 radical (unpaired) electrons. The number of carbonyl (C=O) groups excluding carboxylic acids is 2. The van der Waals surface area contributed by atoms with Crippen LogP contribution in [0.15, 0.2) is 24.3 Å². The number of aromatic nitrogens is 1. The Morgan fingerprint density at radius 2 is 2.19 bits per heavy atom. The quantitative estimate of drug-likeness (QED) is 0.796. The van der Waals surface area contributed by atoms with Gasteiger partial charge in [-0.15, -0.1) is 0 Å². The van der Waals surface area contributed by atoms with Gasteiger partial charge in [0, 0.05) is 36.0 Å². The summed E-state index contributed by atoms with van der Waals surface area (Å²) in [5, 5.41) is 12.6. The molecule has 1 amide bonds. The van der Waals surface area contributed by atoms with Crippen molar-refractivity contribution in [2.24, 2.45) is 11.8 Å². The number of carbonyl (C=O) groups is 2. The van der Waals surface area contributed by atoms with Crippen molar-refractivity contribution in [3.63, 3.8) is 0 Å². The number of benzene rings is 1. The summed E-state index contributed by atoms with van der Waals surface area (Å²) in [6.07, 6.45) is 0.716. The van der Waals surface area contributed by atoms with Gasteiger partial charge in [-0.3, -0.25) is 9.59 Å². The lowest BCUT2D eigenvalue weighted by Gasteiger charge is -2.49. The van der Waals surface area contributed by atoms with E-state index in [-0.39, 0.29) is 23.9 Å². The Labute approximate surface area is 157 Å². The second-order valence-electron chi connectivity index (χ2n) is 8.36. The first-order chi connectivity index (χ1) is 12.9. The number of aromatic amines is 1. The van der Waals surface area contributed by atoms with Crippen LogP contribution in [0.1, 0.15) is 37.9 Å². The Morgan fingerprint density at radius 1 is 1.41 bits per heavy atom. The van der Waals surface area contributed by atoms with E-state index in [9.17, 15) is 14.7 Å². The highest BCUT2D eigenvalue weighted by molar-refractivity contribution is 5.93. The van der Waals surface area contributed by atoms with E-state index in [4.69, 9.17) is 4.74 Å². The van der Waals surface area contributed by atoms with Gasteiger partial charge in [-0.1, -0.05) is 18.2 Å². The summed E-state index contributed by atoms with van der Waals surface area (Å²) >= 11 is 0. The minimum atomic E-state index is -0.776. The third-order valence-corrected chi connectivity index (χ3v) is 6.85. The van der Waals surface area contributed by atoms with Crippen molar-refractivity contribution in [3.8, 4) is 0 Å². The number of esters is 1. The van der Waals surface area contributed by atoms with E-state index in [1.165, 1.54) is 6.92 Å². The van der Waals surface area contributed by atoms with Crippen molar-refractivity contribution in [3.05, 3.63) is 35.5 Å². The number of nitrogens with one attached hydrogen (secondary N) is 1. The molecule has 2 bridgehead atoms. The standard InChI is InChI=1S/C21H24N2O4/c1-11(27-12(2)24)15-7-13-9-21(20(15)26)19-16(8-18(25)23(21)10-13)14-5-3-4-6-17(14)22-19/h3-6,11,13,15,20,22,26H,7-10H2,1-2H3/t11?,13-,15-,20?,21-/m0/s1. The van der Waals surface area contributed by atoms with Crippen LogP contribution in [0.4, 0.5) is 0 Å². The molecule has 1 saturated heterocycles. The molecule has 1 spiro atoms. The van der Waals surface area contributed by atoms with Crippen LogP contribution in [-0.4, -0.2) is 45.6 Å². The fraction of sp³-hybridized carbons (Fsp3) is 0.524. The maximum Gasteiger partial charge on any atom is 0.302 e. The highest BCUT2D eigenvalue weighted by Crippen LogP contribution is 2.56. The number of amides is 1. The zero-order valence-corrected chi connectivity index (χ0v) is 15.6. The predicted octanol–water partition coefficient (Wildman–Crippen LogP) is 2.10. The fourth-order valence-corrected chi connectivity index (χ4v) is 5.85. The zero-order valence-electron chi connectivity index (χ0n) is 15.6. The van der Waals surface area contributed by atoms with E-state index in [1.54, 1.807) is 0 Å². The molecular weight excluding hydrogens is 344 g/mol. The number of aliphatic hydroxyl groups excluding tert-OH is 1. The number of aliphatic hydroxyl groups is 1. The number of rotatable bonds is 2. The van der Waals surface area contributed by atoms with Gasteiger partial charge in [0.05, 0.1) is 12.5 Å². The Hall–Kier alpha value is -2.34. The van der Waals surface area contributed by atoms with E-state index in [2.05, 4.69) is 4.98 Å². The first-order valence-corrected chi connectivity index (χ1v) is 9.67. The second-order valence-corrected chi connectivity index (χ2v) is 8.36.